The minimum atomic E-state index is -2.83. The van der Waals surface area contributed by atoms with Crippen LogP contribution in [0.4, 0.5) is 0 Å². The number of rotatable bonds is 4. The Morgan fingerprint density at radius 1 is 1.19 bits per heavy atom. The first-order valence-corrected chi connectivity index (χ1v) is 9.25. The van der Waals surface area contributed by atoms with E-state index in [0.29, 0.717) is 11.5 Å². The molecule has 4 heteroatoms. The molecule has 1 saturated heterocycles. The van der Waals surface area contributed by atoms with Crippen LogP contribution >= 0.6 is 0 Å². The fourth-order valence-electron chi connectivity index (χ4n) is 3.35. The van der Waals surface area contributed by atoms with Gasteiger partial charge in [0, 0.05) is 6.04 Å². The molecular weight excluding hydrogens is 282 g/mol. The van der Waals surface area contributed by atoms with Crippen LogP contribution in [-0.4, -0.2) is 33.0 Å². The highest BCUT2D eigenvalue weighted by Crippen LogP contribution is 2.26. The maximum atomic E-state index is 11.7. The molecule has 3 nitrogen and oxygen atoms in total. The van der Waals surface area contributed by atoms with E-state index in [1.165, 1.54) is 16.3 Å². The molecule has 1 aliphatic heterocycles. The van der Waals surface area contributed by atoms with Gasteiger partial charge in [0.25, 0.3) is 0 Å². The third kappa shape index (κ3) is 3.11. The summed E-state index contributed by atoms with van der Waals surface area (Å²) in [5, 5.41) is 5.84. The third-order valence-electron chi connectivity index (χ3n) is 4.53. The molecule has 0 aromatic heterocycles. The number of fused-ring (bicyclic) bond motifs is 1. The average Bonchev–Trinajstić information content (AvgIpc) is 2.85. The second-order valence-electron chi connectivity index (χ2n) is 5.90. The van der Waals surface area contributed by atoms with Crippen LogP contribution in [0.1, 0.15) is 12.0 Å². The number of benzene rings is 2. The van der Waals surface area contributed by atoms with Crippen LogP contribution in [0.5, 0.6) is 0 Å². The van der Waals surface area contributed by atoms with Crippen LogP contribution in [0.3, 0.4) is 0 Å². The first kappa shape index (κ1) is 14.5. The lowest BCUT2D eigenvalue weighted by atomic mass is 9.91. The van der Waals surface area contributed by atoms with E-state index in [1.54, 1.807) is 0 Å². The van der Waals surface area contributed by atoms with Crippen molar-refractivity contribution in [1.82, 2.24) is 5.32 Å². The van der Waals surface area contributed by atoms with Crippen molar-refractivity contribution in [3.05, 3.63) is 48.0 Å². The number of likely N-dealkylation sites (N-methyl/N-ethyl adjacent to an activating group) is 1. The molecule has 2 atom stereocenters. The molecule has 0 spiro atoms. The molecule has 3 rings (SSSR count). The highest BCUT2D eigenvalue weighted by Gasteiger charge is 2.33. The summed E-state index contributed by atoms with van der Waals surface area (Å²) in [6.07, 6.45) is 1.65. The summed E-state index contributed by atoms with van der Waals surface area (Å²) < 4.78 is 23.4. The smallest absolute Gasteiger partial charge is 0.150 e. The van der Waals surface area contributed by atoms with E-state index in [0.717, 1.165) is 12.8 Å². The zero-order chi connectivity index (χ0) is 14.9. The van der Waals surface area contributed by atoms with Gasteiger partial charge in [-0.2, -0.15) is 0 Å². The standard InChI is InChI=1S/C17H21NO2S/c1-18-17(15-9-10-21(19,20)12-15)11-14-7-4-6-13-5-2-3-8-16(13)14/h2-8,15,17-18H,9-12H2,1H3. The van der Waals surface area contributed by atoms with E-state index in [9.17, 15) is 8.42 Å². The van der Waals surface area contributed by atoms with E-state index in [4.69, 9.17) is 0 Å². The van der Waals surface area contributed by atoms with E-state index in [2.05, 4.69) is 41.7 Å². The largest absolute Gasteiger partial charge is 0.316 e. The second-order valence-corrected chi connectivity index (χ2v) is 8.13. The van der Waals surface area contributed by atoms with Gasteiger partial charge in [0.2, 0.25) is 0 Å². The molecule has 0 saturated carbocycles. The number of nitrogens with one attached hydrogen (secondary N) is 1. The Labute approximate surface area is 126 Å². The van der Waals surface area contributed by atoms with Crippen LogP contribution < -0.4 is 5.32 Å². The van der Waals surface area contributed by atoms with Gasteiger partial charge < -0.3 is 5.32 Å². The highest BCUT2D eigenvalue weighted by molar-refractivity contribution is 7.91. The Balaban J connectivity index is 1.86. The molecule has 2 unspecified atom stereocenters. The molecule has 2 aromatic carbocycles. The van der Waals surface area contributed by atoms with Gasteiger partial charge in [-0.25, -0.2) is 8.42 Å². The van der Waals surface area contributed by atoms with Crippen molar-refractivity contribution in [3.8, 4) is 0 Å². The van der Waals surface area contributed by atoms with Gasteiger partial charge in [-0.1, -0.05) is 42.5 Å². The van der Waals surface area contributed by atoms with Gasteiger partial charge in [-0.3, -0.25) is 0 Å². The fourth-order valence-corrected chi connectivity index (χ4v) is 5.23. The van der Waals surface area contributed by atoms with Crippen molar-refractivity contribution in [2.24, 2.45) is 5.92 Å². The highest BCUT2D eigenvalue weighted by atomic mass is 32.2. The Morgan fingerprint density at radius 2 is 1.95 bits per heavy atom. The quantitative estimate of drug-likeness (QED) is 0.943. The molecule has 0 radical (unpaired) electrons. The number of hydrogen-bond donors (Lipinski definition) is 1. The molecule has 1 N–H and O–H groups in total. The minimum absolute atomic E-state index is 0.216. The van der Waals surface area contributed by atoms with Gasteiger partial charge in [0.05, 0.1) is 11.5 Å². The summed E-state index contributed by atoms with van der Waals surface area (Å²) in [7, 11) is -0.894. The van der Waals surface area contributed by atoms with Crippen molar-refractivity contribution in [3.63, 3.8) is 0 Å². The van der Waals surface area contributed by atoms with Crippen LogP contribution in [0.25, 0.3) is 10.8 Å². The normalized spacial score (nSPS) is 22.4. The molecule has 1 fully saturated rings. The van der Waals surface area contributed by atoms with Gasteiger partial charge >= 0.3 is 0 Å². The van der Waals surface area contributed by atoms with E-state index in [-0.39, 0.29) is 12.0 Å². The van der Waals surface area contributed by atoms with Crippen LogP contribution in [0, 0.1) is 5.92 Å². The second kappa shape index (κ2) is 5.78. The Hall–Kier alpha value is -1.39. The lowest BCUT2D eigenvalue weighted by Crippen LogP contribution is -2.36. The topological polar surface area (TPSA) is 46.2 Å². The minimum Gasteiger partial charge on any atom is -0.316 e. The summed E-state index contributed by atoms with van der Waals surface area (Å²) in [6, 6.07) is 14.9. The van der Waals surface area contributed by atoms with Crippen molar-refractivity contribution in [1.29, 1.82) is 0 Å². The van der Waals surface area contributed by atoms with Crippen molar-refractivity contribution >= 4 is 20.6 Å². The van der Waals surface area contributed by atoms with E-state index in [1.807, 2.05) is 13.1 Å². The van der Waals surface area contributed by atoms with Crippen LogP contribution in [0.15, 0.2) is 42.5 Å². The van der Waals surface area contributed by atoms with Gasteiger partial charge in [0.15, 0.2) is 9.84 Å². The molecule has 1 aliphatic rings. The SMILES string of the molecule is CNC(Cc1cccc2ccccc12)C1CCS(=O)(=O)C1. The summed E-state index contributed by atoms with van der Waals surface area (Å²) in [5.74, 6) is 0.883. The third-order valence-corrected chi connectivity index (χ3v) is 6.32. The number of hydrogen-bond acceptors (Lipinski definition) is 3. The van der Waals surface area contributed by atoms with Gasteiger partial charge in [0.1, 0.15) is 0 Å². The Bertz CT molecular complexity index is 734. The summed E-state index contributed by atoms with van der Waals surface area (Å²) in [4.78, 5) is 0. The molecular formula is C17H21NO2S. The lowest BCUT2D eigenvalue weighted by molar-refractivity contribution is 0.404. The predicted molar refractivity (Wildman–Crippen MR) is 87.3 cm³/mol. The maximum Gasteiger partial charge on any atom is 0.150 e. The summed E-state index contributed by atoms with van der Waals surface area (Å²) in [6.45, 7) is 0. The lowest BCUT2D eigenvalue weighted by Gasteiger charge is -2.22. The van der Waals surface area contributed by atoms with E-state index >= 15 is 0 Å². The summed E-state index contributed by atoms with van der Waals surface area (Å²) >= 11 is 0. The molecule has 2 aromatic rings. The molecule has 0 bridgehead atoms. The van der Waals surface area contributed by atoms with Crippen molar-refractivity contribution < 1.29 is 8.42 Å². The molecule has 112 valence electrons. The number of sulfone groups is 1. The maximum absolute atomic E-state index is 11.7. The zero-order valence-electron chi connectivity index (χ0n) is 12.2. The molecule has 0 amide bonds. The fraction of sp³-hybridized carbons (Fsp3) is 0.412. The van der Waals surface area contributed by atoms with Gasteiger partial charge in [-0.05, 0) is 42.1 Å². The Morgan fingerprint density at radius 3 is 2.67 bits per heavy atom. The molecule has 21 heavy (non-hydrogen) atoms. The van der Waals surface area contributed by atoms with Gasteiger partial charge in [-0.15, -0.1) is 0 Å². The first-order valence-electron chi connectivity index (χ1n) is 7.43. The van der Waals surface area contributed by atoms with Crippen molar-refractivity contribution in [2.75, 3.05) is 18.6 Å². The first-order chi connectivity index (χ1) is 10.1. The zero-order valence-corrected chi connectivity index (χ0v) is 13.1. The average molecular weight is 303 g/mol. The molecule has 0 aliphatic carbocycles. The van der Waals surface area contributed by atoms with Crippen molar-refractivity contribution in [2.45, 2.75) is 18.9 Å². The van der Waals surface area contributed by atoms with Crippen LogP contribution in [-0.2, 0) is 16.3 Å². The van der Waals surface area contributed by atoms with Crippen LogP contribution in [0.2, 0.25) is 0 Å². The molecule has 1 heterocycles. The predicted octanol–water partition coefficient (Wildman–Crippen LogP) is 2.41. The summed E-state index contributed by atoms with van der Waals surface area (Å²) in [5.41, 5.74) is 1.29. The van der Waals surface area contributed by atoms with E-state index < -0.39 is 9.84 Å². The Kier molecular flexibility index (Phi) is 4.00. The monoisotopic (exact) mass is 303 g/mol.